The fraction of sp³-hybridized carbons (Fsp3) is 0.857. The van der Waals surface area contributed by atoms with Gasteiger partial charge in [-0.05, 0) is 6.42 Å². The summed E-state index contributed by atoms with van der Waals surface area (Å²) < 4.78 is 0. The number of hydrogen-bond acceptors (Lipinski definition) is 3. The predicted molar refractivity (Wildman–Crippen MR) is 43.0 cm³/mol. The van der Waals surface area contributed by atoms with Gasteiger partial charge in [0.05, 0.1) is 6.61 Å². The molecule has 1 atom stereocenters. The van der Waals surface area contributed by atoms with Crippen LogP contribution in [0.25, 0.3) is 0 Å². The molecule has 0 aliphatic carbocycles. The Morgan fingerprint density at radius 1 is 1.73 bits per heavy atom. The Labute approximate surface area is 66.8 Å². The summed E-state index contributed by atoms with van der Waals surface area (Å²) >= 11 is 0. The Hall–Kier alpha value is -0.610. The molecular formula is C7H16N2O2. The molecule has 0 saturated carbocycles. The summed E-state index contributed by atoms with van der Waals surface area (Å²) in [6.45, 7) is 2.58. The maximum absolute atomic E-state index is 10.5. The minimum atomic E-state index is -0.303. The average Bonchev–Trinajstić information content (AvgIpc) is 1.97. The lowest BCUT2D eigenvalue weighted by Gasteiger charge is -2.13. The molecule has 0 aromatic rings. The van der Waals surface area contributed by atoms with E-state index in [-0.39, 0.29) is 18.6 Å². The van der Waals surface area contributed by atoms with Gasteiger partial charge >= 0.3 is 0 Å². The summed E-state index contributed by atoms with van der Waals surface area (Å²) in [4.78, 5) is 10.5. The summed E-state index contributed by atoms with van der Waals surface area (Å²) in [6, 6.07) is 0.111. The zero-order valence-corrected chi connectivity index (χ0v) is 6.84. The summed E-state index contributed by atoms with van der Waals surface area (Å²) in [5.41, 5.74) is 5.00. The summed E-state index contributed by atoms with van der Waals surface area (Å²) in [5, 5.41) is 11.5. The maximum atomic E-state index is 10.5. The first-order chi connectivity index (χ1) is 5.20. The lowest BCUT2D eigenvalue weighted by molar-refractivity contribution is -0.118. The number of nitrogens with two attached hydrogens (primary N) is 1. The van der Waals surface area contributed by atoms with Crippen LogP contribution in [0.3, 0.4) is 0 Å². The molecule has 4 nitrogen and oxygen atoms in total. The van der Waals surface area contributed by atoms with Gasteiger partial charge in [0.1, 0.15) is 0 Å². The molecule has 1 unspecified atom stereocenters. The molecule has 0 spiro atoms. The average molecular weight is 160 g/mol. The third kappa shape index (κ3) is 5.82. The van der Waals surface area contributed by atoms with Crippen molar-refractivity contribution < 1.29 is 9.90 Å². The van der Waals surface area contributed by atoms with Crippen molar-refractivity contribution in [2.24, 2.45) is 5.73 Å². The SMILES string of the molecule is CCC(CC(N)=O)NCCO. The second-order valence-corrected chi connectivity index (χ2v) is 2.45. The highest BCUT2D eigenvalue weighted by atomic mass is 16.3. The van der Waals surface area contributed by atoms with Crippen molar-refractivity contribution in [2.45, 2.75) is 25.8 Å². The fourth-order valence-corrected chi connectivity index (χ4v) is 0.872. The minimum Gasteiger partial charge on any atom is -0.395 e. The third-order valence-corrected chi connectivity index (χ3v) is 1.49. The second-order valence-electron chi connectivity index (χ2n) is 2.45. The van der Waals surface area contributed by atoms with Crippen molar-refractivity contribution in [3.05, 3.63) is 0 Å². The van der Waals surface area contributed by atoms with Crippen molar-refractivity contribution >= 4 is 5.91 Å². The molecule has 0 bridgehead atoms. The van der Waals surface area contributed by atoms with Gasteiger partial charge in [-0.1, -0.05) is 6.92 Å². The second kappa shape index (κ2) is 6.12. The summed E-state index contributed by atoms with van der Waals surface area (Å²) in [7, 11) is 0. The fourth-order valence-electron chi connectivity index (χ4n) is 0.872. The summed E-state index contributed by atoms with van der Waals surface area (Å²) in [5.74, 6) is -0.303. The number of hydrogen-bond donors (Lipinski definition) is 3. The van der Waals surface area contributed by atoms with Crippen LogP contribution in [0.15, 0.2) is 0 Å². The van der Waals surface area contributed by atoms with Crippen molar-refractivity contribution in [2.75, 3.05) is 13.2 Å². The van der Waals surface area contributed by atoms with E-state index in [1.165, 1.54) is 0 Å². The first-order valence-electron chi connectivity index (χ1n) is 3.83. The van der Waals surface area contributed by atoms with E-state index >= 15 is 0 Å². The number of primary amides is 1. The van der Waals surface area contributed by atoms with Crippen molar-refractivity contribution in [3.63, 3.8) is 0 Å². The highest BCUT2D eigenvalue weighted by molar-refractivity contribution is 5.74. The van der Waals surface area contributed by atoms with Crippen LogP contribution in [0.4, 0.5) is 0 Å². The first-order valence-corrected chi connectivity index (χ1v) is 3.83. The molecular weight excluding hydrogens is 144 g/mol. The van der Waals surface area contributed by atoms with Crippen LogP contribution in [0.1, 0.15) is 19.8 Å². The van der Waals surface area contributed by atoms with Gasteiger partial charge in [0.2, 0.25) is 5.91 Å². The van der Waals surface area contributed by atoms with E-state index < -0.39 is 0 Å². The molecule has 0 aromatic carbocycles. The Bertz CT molecular complexity index is 117. The molecule has 66 valence electrons. The maximum Gasteiger partial charge on any atom is 0.218 e. The van der Waals surface area contributed by atoms with E-state index in [2.05, 4.69) is 5.32 Å². The molecule has 0 aliphatic rings. The Kier molecular flexibility index (Phi) is 5.78. The third-order valence-electron chi connectivity index (χ3n) is 1.49. The molecule has 0 aromatic heterocycles. The predicted octanol–water partition coefficient (Wildman–Crippen LogP) is -0.778. The topological polar surface area (TPSA) is 75.4 Å². The van der Waals surface area contributed by atoms with E-state index in [1.807, 2.05) is 6.92 Å². The van der Waals surface area contributed by atoms with Crippen molar-refractivity contribution in [3.8, 4) is 0 Å². The molecule has 0 heterocycles. The van der Waals surface area contributed by atoms with Gasteiger partial charge in [-0.3, -0.25) is 4.79 Å². The summed E-state index contributed by atoms with van der Waals surface area (Å²) in [6.07, 6.45) is 1.19. The van der Waals surface area contributed by atoms with Crippen LogP contribution in [-0.2, 0) is 4.79 Å². The molecule has 0 saturated heterocycles. The Balaban J connectivity index is 3.49. The smallest absolute Gasteiger partial charge is 0.218 e. The van der Waals surface area contributed by atoms with Crippen LogP contribution < -0.4 is 11.1 Å². The lowest BCUT2D eigenvalue weighted by Crippen LogP contribution is -2.34. The number of amides is 1. The number of aliphatic hydroxyl groups is 1. The lowest BCUT2D eigenvalue weighted by atomic mass is 10.1. The monoisotopic (exact) mass is 160 g/mol. The molecule has 4 heteroatoms. The van der Waals surface area contributed by atoms with E-state index in [9.17, 15) is 4.79 Å². The van der Waals surface area contributed by atoms with Gasteiger partial charge in [-0.25, -0.2) is 0 Å². The largest absolute Gasteiger partial charge is 0.395 e. The van der Waals surface area contributed by atoms with Gasteiger partial charge in [0.25, 0.3) is 0 Å². The van der Waals surface area contributed by atoms with Crippen LogP contribution in [0.2, 0.25) is 0 Å². The Morgan fingerprint density at radius 2 is 2.36 bits per heavy atom. The van der Waals surface area contributed by atoms with Gasteiger partial charge in [0.15, 0.2) is 0 Å². The number of nitrogens with one attached hydrogen (secondary N) is 1. The molecule has 11 heavy (non-hydrogen) atoms. The molecule has 1 amide bonds. The Morgan fingerprint density at radius 3 is 2.73 bits per heavy atom. The standard InChI is InChI=1S/C7H16N2O2/c1-2-6(5-7(8)11)9-3-4-10/h6,9-10H,2-5H2,1H3,(H2,8,11). The molecule has 0 radical (unpaired) electrons. The molecule has 0 fully saturated rings. The number of rotatable bonds is 6. The molecule has 0 aliphatic heterocycles. The minimum absolute atomic E-state index is 0.0925. The van der Waals surface area contributed by atoms with Crippen LogP contribution in [-0.4, -0.2) is 30.2 Å². The normalized spacial score (nSPS) is 12.9. The van der Waals surface area contributed by atoms with Gasteiger partial charge < -0.3 is 16.2 Å². The molecule has 0 rings (SSSR count). The van der Waals surface area contributed by atoms with Crippen molar-refractivity contribution in [1.82, 2.24) is 5.32 Å². The zero-order chi connectivity index (χ0) is 8.69. The molecule has 4 N–H and O–H groups in total. The number of carbonyl (C=O) groups excluding carboxylic acids is 1. The highest BCUT2D eigenvalue weighted by Gasteiger charge is 2.07. The number of aliphatic hydroxyl groups excluding tert-OH is 1. The van der Waals surface area contributed by atoms with Gasteiger partial charge in [-0.2, -0.15) is 0 Å². The van der Waals surface area contributed by atoms with E-state index in [4.69, 9.17) is 10.8 Å². The number of carbonyl (C=O) groups is 1. The van der Waals surface area contributed by atoms with Crippen LogP contribution in [0, 0.1) is 0 Å². The van der Waals surface area contributed by atoms with Crippen molar-refractivity contribution in [1.29, 1.82) is 0 Å². The van der Waals surface area contributed by atoms with Gasteiger partial charge in [-0.15, -0.1) is 0 Å². The zero-order valence-electron chi connectivity index (χ0n) is 6.84. The van der Waals surface area contributed by atoms with Crippen LogP contribution in [0.5, 0.6) is 0 Å². The van der Waals surface area contributed by atoms with E-state index in [1.54, 1.807) is 0 Å². The van der Waals surface area contributed by atoms with E-state index in [0.29, 0.717) is 13.0 Å². The first kappa shape index (κ1) is 10.4. The quantitative estimate of drug-likeness (QED) is 0.477. The van der Waals surface area contributed by atoms with E-state index in [0.717, 1.165) is 6.42 Å². The van der Waals surface area contributed by atoms with Crippen LogP contribution >= 0.6 is 0 Å². The highest BCUT2D eigenvalue weighted by Crippen LogP contribution is 1.95. The van der Waals surface area contributed by atoms with Gasteiger partial charge in [0, 0.05) is 19.0 Å².